The summed E-state index contributed by atoms with van der Waals surface area (Å²) < 4.78 is 37.5. The lowest BCUT2D eigenvalue weighted by atomic mass is 10.0. The number of ether oxygens (including phenoxy) is 2. The van der Waals surface area contributed by atoms with Crippen LogP contribution in [0.15, 0.2) is 46.5 Å². The molecular weight excluding hydrogens is 380 g/mol. The molecule has 1 aromatic rings. The number of hydrogen-bond acceptors (Lipinski definition) is 8. The summed E-state index contributed by atoms with van der Waals surface area (Å²) in [5, 5.41) is 11.0. The van der Waals surface area contributed by atoms with Crippen molar-refractivity contribution in [3.63, 3.8) is 0 Å². The first kappa shape index (κ1) is 20.3. The Bertz CT molecular complexity index is 963. The molecule has 2 rings (SSSR count). The fourth-order valence-corrected chi connectivity index (χ4v) is 3.34. The lowest BCUT2D eigenvalue weighted by molar-refractivity contribution is -0.385. The molecule has 0 aliphatic heterocycles. The number of carbonyl (C=O) groups excluding carboxylic acids is 2. The lowest BCUT2D eigenvalue weighted by Crippen LogP contribution is -2.30. The first-order chi connectivity index (χ1) is 12.7. The highest BCUT2D eigenvalue weighted by atomic mass is 32.2. The number of sulfonamides is 1. The van der Waals surface area contributed by atoms with Gasteiger partial charge in [-0.1, -0.05) is 0 Å². The largest absolute Gasteiger partial charge is 0.490 e. The maximum atomic E-state index is 12.7. The number of nitro groups is 1. The predicted octanol–water partition coefficient (Wildman–Crippen LogP) is 0.880. The van der Waals surface area contributed by atoms with E-state index in [1.165, 1.54) is 14.0 Å². The number of nitrogens with zero attached hydrogens (tertiary/aromatic N) is 1. The highest BCUT2D eigenvalue weighted by Gasteiger charge is 2.27. The van der Waals surface area contributed by atoms with Gasteiger partial charge in [-0.05, 0) is 19.1 Å². The van der Waals surface area contributed by atoms with Crippen molar-refractivity contribution in [3.05, 3.63) is 51.7 Å². The molecule has 0 fully saturated rings. The smallest absolute Gasteiger partial charge is 0.271 e. The van der Waals surface area contributed by atoms with Gasteiger partial charge < -0.3 is 9.47 Å². The molecular formula is C16H16N2O8S. The number of allylic oxidation sites excluding steroid dienone is 3. The molecule has 1 aliphatic carbocycles. The molecule has 0 amide bonds. The van der Waals surface area contributed by atoms with Crippen LogP contribution >= 0.6 is 0 Å². The fourth-order valence-electron chi connectivity index (χ4n) is 2.12. The van der Waals surface area contributed by atoms with E-state index in [4.69, 9.17) is 9.47 Å². The zero-order chi connectivity index (χ0) is 20.2. The number of hydrogen-bond donors (Lipinski definition) is 1. The van der Waals surface area contributed by atoms with Crippen LogP contribution in [0.1, 0.15) is 6.92 Å². The molecule has 0 saturated carbocycles. The average Bonchev–Trinajstić information content (AvgIpc) is 2.59. The minimum absolute atomic E-state index is 0.00111. The van der Waals surface area contributed by atoms with Gasteiger partial charge in [-0.25, -0.2) is 8.42 Å². The second-order valence-corrected chi connectivity index (χ2v) is 7.10. The maximum Gasteiger partial charge on any atom is 0.271 e. The average molecular weight is 396 g/mol. The van der Waals surface area contributed by atoms with E-state index in [2.05, 4.69) is 0 Å². The second-order valence-electron chi connectivity index (χ2n) is 5.45. The molecule has 0 radical (unpaired) electrons. The Kier molecular flexibility index (Phi) is 6.08. The van der Waals surface area contributed by atoms with Crippen molar-refractivity contribution in [2.24, 2.45) is 0 Å². The van der Waals surface area contributed by atoms with E-state index in [9.17, 15) is 28.1 Å². The Morgan fingerprint density at radius 3 is 2.48 bits per heavy atom. The van der Waals surface area contributed by atoms with Gasteiger partial charge in [0.2, 0.25) is 5.78 Å². The lowest BCUT2D eigenvalue weighted by Gasteiger charge is -2.15. The molecule has 11 heteroatoms. The van der Waals surface area contributed by atoms with Gasteiger partial charge in [-0.3, -0.25) is 24.4 Å². The summed E-state index contributed by atoms with van der Waals surface area (Å²) in [7, 11) is -3.03. The molecule has 27 heavy (non-hydrogen) atoms. The van der Waals surface area contributed by atoms with Crippen LogP contribution in [0.2, 0.25) is 0 Å². The first-order valence-corrected chi connectivity index (χ1v) is 9.05. The van der Waals surface area contributed by atoms with Crippen molar-refractivity contribution < 1.29 is 32.4 Å². The van der Waals surface area contributed by atoms with Gasteiger partial charge in [0.1, 0.15) is 22.9 Å². The van der Waals surface area contributed by atoms with Crippen LogP contribution in [0.25, 0.3) is 0 Å². The van der Waals surface area contributed by atoms with Crippen molar-refractivity contribution in [1.82, 2.24) is 4.72 Å². The Labute approximate surface area is 154 Å². The van der Waals surface area contributed by atoms with Crippen molar-refractivity contribution in [2.75, 3.05) is 20.3 Å². The second kappa shape index (κ2) is 8.10. The fraction of sp³-hybridized carbons (Fsp3) is 0.250. The summed E-state index contributed by atoms with van der Waals surface area (Å²) in [6, 6.07) is 3.03. The Balaban J connectivity index is 2.42. The summed E-state index contributed by atoms with van der Waals surface area (Å²) in [4.78, 5) is 33.3. The van der Waals surface area contributed by atoms with Gasteiger partial charge in [0, 0.05) is 30.9 Å². The molecule has 0 unspecified atom stereocenters. The number of carbonyl (C=O) groups is 2. The molecule has 10 nitrogen and oxygen atoms in total. The van der Waals surface area contributed by atoms with E-state index in [1.807, 2.05) is 4.72 Å². The summed E-state index contributed by atoms with van der Waals surface area (Å²) in [5.74, 6) is -1.39. The maximum absolute atomic E-state index is 12.7. The molecule has 0 saturated heterocycles. The molecule has 1 N–H and O–H groups in total. The van der Waals surface area contributed by atoms with Gasteiger partial charge in [-0.15, -0.1) is 0 Å². The first-order valence-electron chi connectivity index (χ1n) is 7.57. The van der Waals surface area contributed by atoms with Crippen molar-refractivity contribution in [2.45, 2.75) is 11.8 Å². The van der Waals surface area contributed by atoms with Gasteiger partial charge in [0.15, 0.2) is 5.78 Å². The SMILES string of the molecule is COCCOc1ccc([N+](=O)[O-])cc1S(=O)(=O)NC1=CC(=O)C(C)=CC1=O. The third kappa shape index (κ3) is 4.77. The zero-order valence-corrected chi connectivity index (χ0v) is 15.2. The molecule has 1 aromatic carbocycles. The topological polar surface area (TPSA) is 142 Å². The molecule has 0 aromatic heterocycles. The number of methoxy groups -OCH3 is 1. The minimum atomic E-state index is -4.45. The van der Waals surface area contributed by atoms with Crippen molar-refractivity contribution in [1.29, 1.82) is 0 Å². The van der Waals surface area contributed by atoms with E-state index < -0.39 is 42.8 Å². The van der Waals surface area contributed by atoms with Crippen LogP contribution in [0, 0.1) is 10.1 Å². The number of nitro benzene ring substituents is 1. The van der Waals surface area contributed by atoms with Crippen LogP contribution in [0.4, 0.5) is 5.69 Å². The van der Waals surface area contributed by atoms with Crippen molar-refractivity contribution in [3.8, 4) is 5.75 Å². The van der Waals surface area contributed by atoms with Gasteiger partial charge in [-0.2, -0.15) is 0 Å². The van der Waals surface area contributed by atoms with Crippen LogP contribution in [0.3, 0.4) is 0 Å². The quantitative estimate of drug-likeness (QED) is 0.295. The molecule has 144 valence electrons. The van der Waals surface area contributed by atoms with E-state index in [0.717, 1.165) is 30.4 Å². The third-order valence-electron chi connectivity index (χ3n) is 3.49. The standard InChI is InChI=1S/C16H16N2O8S/c1-10-7-14(20)12(9-13(10)19)17-27(23,24)16-8-11(18(21)22)3-4-15(16)26-6-5-25-2/h3-4,7-9,17H,5-6H2,1-2H3. The van der Waals surface area contributed by atoms with E-state index in [0.29, 0.717) is 0 Å². The predicted molar refractivity (Wildman–Crippen MR) is 92.6 cm³/mol. The minimum Gasteiger partial charge on any atom is -0.490 e. The molecule has 0 atom stereocenters. The highest BCUT2D eigenvalue weighted by Crippen LogP contribution is 2.29. The summed E-state index contributed by atoms with van der Waals surface area (Å²) in [5.41, 5.74) is -0.771. The zero-order valence-electron chi connectivity index (χ0n) is 14.4. The van der Waals surface area contributed by atoms with Crippen LogP contribution < -0.4 is 9.46 Å². The van der Waals surface area contributed by atoms with Gasteiger partial charge in [0.05, 0.1) is 11.5 Å². The summed E-state index contributed by atoms with van der Waals surface area (Å²) in [6.07, 6.45) is 1.86. The van der Waals surface area contributed by atoms with Crippen LogP contribution in [-0.2, 0) is 24.3 Å². The molecule has 0 heterocycles. The molecule has 1 aliphatic rings. The van der Waals surface area contributed by atoms with Gasteiger partial charge in [0.25, 0.3) is 15.7 Å². The Morgan fingerprint density at radius 2 is 1.85 bits per heavy atom. The normalized spacial score (nSPS) is 14.4. The summed E-state index contributed by atoms with van der Waals surface area (Å²) in [6.45, 7) is 1.58. The molecule has 0 spiro atoms. The third-order valence-corrected chi connectivity index (χ3v) is 4.88. The van der Waals surface area contributed by atoms with E-state index >= 15 is 0 Å². The Morgan fingerprint density at radius 1 is 1.15 bits per heavy atom. The molecule has 0 bridgehead atoms. The van der Waals surface area contributed by atoms with E-state index in [-0.39, 0.29) is 24.5 Å². The highest BCUT2D eigenvalue weighted by molar-refractivity contribution is 7.89. The summed E-state index contributed by atoms with van der Waals surface area (Å²) >= 11 is 0. The monoisotopic (exact) mass is 396 g/mol. The number of benzene rings is 1. The van der Waals surface area contributed by atoms with Crippen LogP contribution in [0.5, 0.6) is 5.75 Å². The number of rotatable bonds is 8. The van der Waals surface area contributed by atoms with Gasteiger partial charge >= 0.3 is 0 Å². The van der Waals surface area contributed by atoms with Crippen molar-refractivity contribution >= 4 is 27.3 Å². The Hall–Kier alpha value is -3.05. The van der Waals surface area contributed by atoms with E-state index in [1.54, 1.807) is 0 Å². The number of non-ortho nitro benzene ring substituents is 1. The van der Waals surface area contributed by atoms with Crippen LogP contribution in [-0.4, -0.2) is 45.2 Å². The number of nitrogens with one attached hydrogen (secondary N) is 1. The number of ketones is 2.